The minimum atomic E-state index is -6.17. The number of halogens is 9. The molecule has 142 valence electrons. The van der Waals surface area contributed by atoms with E-state index in [0.717, 1.165) is 0 Å². The summed E-state index contributed by atoms with van der Waals surface area (Å²) in [6.07, 6.45) is -17.5. The number of benzene rings is 1. The first-order chi connectivity index (χ1) is 11.1. The van der Waals surface area contributed by atoms with Gasteiger partial charge in [-0.25, -0.2) is 0 Å². The molecule has 0 aliphatic rings. The standard InChI is InChI=1S/C11H8BF9O4/c1-24-8(10(16,17)18,11(19,20)21)6-3-2-5(9(13,14)15)4-7(6)25-12(22)23/h2-4,22-23H,1H3. The molecule has 0 atom stereocenters. The molecule has 0 fully saturated rings. The van der Waals surface area contributed by atoms with Crippen molar-refractivity contribution in [2.45, 2.75) is 24.1 Å². The van der Waals surface area contributed by atoms with Gasteiger partial charge in [0.25, 0.3) is 5.60 Å². The molecule has 0 aliphatic carbocycles. The van der Waals surface area contributed by atoms with Gasteiger partial charge in [-0.15, -0.1) is 0 Å². The Hall–Kier alpha value is -1.67. The zero-order valence-corrected chi connectivity index (χ0v) is 11.9. The Bertz CT molecular complexity index is 595. The van der Waals surface area contributed by atoms with Crippen LogP contribution in [0.2, 0.25) is 0 Å². The molecule has 1 aromatic carbocycles. The number of hydrogen-bond donors (Lipinski definition) is 2. The lowest BCUT2D eigenvalue weighted by molar-refractivity contribution is -0.383. The number of rotatable bonds is 4. The third-order valence-electron chi connectivity index (χ3n) is 3.03. The van der Waals surface area contributed by atoms with Crippen molar-refractivity contribution < 1.29 is 59.0 Å². The highest BCUT2D eigenvalue weighted by Crippen LogP contribution is 2.55. The van der Waals surface area contributed by atoms with Crippen LogP contribution in [-0.2, 0) is 16.5 Å². The van der Waals surface area contributed by atoms with E-state index in [2.05, 4.69) is 9.39 Å². The molecule has 0 saturated carbocycles. The van der Waals surface area contributed by atoms with Crippen molar-refractivity contribution >= 4 is 7.32 Å². The quantitative estimate of drug-likeness (QED) is 0.617. The highest BCUT2D eigenvalue weighted by Gasteiger charge is 2.74. The van der Waals surface area contributed by atoms with Gasteiger partial charge in [-0.1, -0.05) is 6.07 Å². The molecule has 2 N–H and O–H groups in total. The molecule has 1 rings (SSSR count). The fraction of sp³-hybridized carbons (Fsp3) is 0.455. The molecule has 4 nitrogen and oxygen atoms in total. The minimum Gasteiger partial charge on any atom is -0.512 e. The van der Waals surface area contributed by atoms with Crippen LogP contribution in [0.15, 0.2) is 18.2 Å². The first-order valence-electron chi connectivity index (χ1n) is 6.01. The highest BCUT2D eigenvalue weighted by molar-refractivity contribution is 6.33. The molecule has 0 aliphatic heterocycles. The molecule has 0 heterocycles. The van der Waals surface area contributed by atoms with Crippen molar-refractivity contribution in [1.82, 2.24) is 0 Å². The summed E-state index contributed by atoms with van der Waals surface area (Å²) in [5.41, 5.74) is -8.67. The van der Waals surface area contributed by atoms with E-state index in [9.17, 15) is 39.5 Å². The van der Waals surface area contributed by atoms with E-state index in [1.165, 1.54) is 0 Å². The summed E-state index contributed by atoms with van der Waals surface area (Å²) in [4.78, 5) is 0. The highest BCUT2D eigenvalue weighted by atomic mass is 19.4. The Kier molecular flexibility index (Phi) is 5.62. The van der Waals surface area contributed by atoms with Crippen LogP contribution in [0.4, 0.5) is 39.5 Å². The zero-order valence-electron chi connectivity index (χ0n) is 11.9. The normalized spacial score (nSPS) is 13.8. The number of alkyl halides is 9. The largest absolute Gasteiger partial charge is 0.707 e. The van der Waals surface area contributed by atoms with Crippen LogP contribution < -0.4 is 4.65 Å². The average Bonchev–Trinajstić information content (AvgIpc) is 2.36. The SMILES string of the molecule is COC(c1ccc(C(F)(F)F)cc1OB(O)O)(C(F)(F)F)C(F)(F)F. The van der Waals surface area contributed by atoms with E-state index in [1.807, 2.05) is 0 Å². The lowest BCUT2D eigenvalue weighted by Gasteiger charge is -2.37. The predicted octanol–water partition coefficient (Wildman–Crippen LogP) is 3.02. The van der Waals surface area contributed by atoms with Crippen molar-refractivity contribution in [3.8, 4) is 5.75 Å². The number of ether oxygens (including phenoxy) is 1. The molecule has 0 spiro atoms. The van der Waals surface area contributed by atoms with Gasteiger partial charge in [-0.05, 0) is 12.1 Å². The van der Waals surface area contributed by atoms with Crippen molar-refractivity contribution in [2.24, 2.45) is 0 Å². The third-order valence-corrected chi connectivity index (χ3v) is 3.03. The van der Waals surface area contributed by atoms with Crippen molar-refractivity contribution in [3.05, 3.63) is 29.3 Å². The molecule has 25 heavy (non-hydrogen) atoms. The molecular formula is C11H8BF9O4. The van der Waals surface area contributed by atoms with Gasteiger partial charge >= 0.3 is 25.9 Å². The maximum absolute atomic E-state index is 13.2. The van der Waals surface area contributed by atoms with Crippen LogP contribution >= 0.6 is 0 Å². The number of hydrogen-bond acceptors (Lipinski definition) is 4. The topological polar surface area (TPSA) is 58.9 Å². The fourth-order valence-electron chi connectivity index (χ4n) is 2.01. The van der Waals surface area contributed by atoms with Gasteiger partial charge in [0.2, 0.25) is 0 Å². The van der Waals surface area contributed by atoms with Gasteiger partial charge in [-0.3, -0.25) is 0 Å². The van der Waals surface area contributed by atoms with Crippen LogP contribution in [0, 0.1) is 0 Å². The van der Waals surface area contributed by atoms with E-state index < -0.39 is 48.3 Å². The molecule has 0 saturated heterocycles. The molecule has 0 radical (unpaired) electrons. The summed E-state index contributed by atoms with van der Waals surface area (Å²) < 4.78 is 124. The summed E-state index contributed by atoms with van der Waals surface area (Å²) in [5.74, 6) is -1.72. The summed E-state index contributed by atoms with van der Waals surface area (Å²) in [6, 6.07) is -0.456. The van der Waals surface area contributed by atoms with Gasteiger partial charge in [0.1, 0.15) is 5.75 Å². The fourth-order valence-corrected chi connectivity index (χ4v) is 2.01. The van der Waals surface area contributed by atoms with Crippen LogP contribution in [0.1, 0.15) is 11.1 Å². The average molecular weight is 386 g/mol. The van der Waals surface area contributed by atoms with E-state index >= 15 is 0 Å². The van der Waals surface area contributed by atoms with Crippen LogP contribution in [-0.4, -0.2) is 36.8 Å². The lowest BCUT2D eigenvalue weighted by atomic mass is 9.89. The molecule has 0 bridgehead atoms. The van der Waals surface area contributed by atoms with E-state index in [4.69, 9.17) is 10.0 Å². The van der Waals surface area contributed by atoms with Crippen LogP contribution in [0.5, 0.6) is 5.75 Å². The monoisotopic (exact) mass is 386 g/mol. The summed E-state index contributed by atoms with van der Waals surface area (Å²) in [5, 5.41) is 17.2. The Labute approximate surface area is 133 Å². The number of methoxy groups -OCH3 is 1. The predicted molar refractivity (Wildman–Crippen MR) is 63.1 cm³/mol. The van der Waals surface area contributed by atoms with Crippen LogP contribution in [0.25, 0.3) is 0 Å². The molecule has 1 aromatic rings. The Morgan fingerprint density at radius 2 is 1.36 bits per heavy atom. The second kappa shape index (κ2) is 6.57. The Morgan fingerprint density at radius 3 is 1.68 bits per heavy atom. The minimum absolute atomic E-state index is 0.0395. The van der Waals surface area contributed by atoms with Crippen molar-refractivity contribution in [2.75, 3.05) is 7.11 Å². The van der Waals surface area contributed by atoms with E-state index in [0.29, 0.717) is 0 Å². The van der Waals surface area contributed by atoms with Gasteiger partial charge < -0.3 is 19.4 Å². The Balaban J connectivity index is 3.81. The van der Waals surface area contributed by atoms with Crippen molar-refractivity contribution in [1.29, 1.82) is 0 Å². The van der Waals surface area contributed by atoms with E-state index in [-0.39, 0.29) is 25.3 Å². The second-order valence-corrected chi connectivity index (χ2v) is 4.53. The molecule has 14 heteroatoms. The van der Waals surface area contributed by atoms with Gasteiger partial charge in [0, 0.05) is 12.7 Å². The first kappa shape index (κ1) is 21.4. The smallest absolute Gasteiger partial charge is 0.512 e. The van der Waals surface area contributed by atoms with Gasteiger partial charge in [0.15, 0.2) is 0 Å². The molecule has 0 aromatic heterocycles. The summed E-state index contributed by atoms with van der Waals surface area (Å²) in [7, 11) is -2.95. The van der Waals surface area contributed by atoms with E-state index in [1.54, 1.807) is 0 Å². The third kappa shape index (κ3) is 3.95. The van der Waals surface area contributed by atoms with Gasteiger partial charge in [-0.2, -0.15) is 39.5 Å². The maximum Gasteiger partial charge on any atom is 0.707 e. The lowest BCUT2D eigenvalue weighted by Crippen LogP contribution is -2.55. The van der Waals surface area contributed by atoms with Crippen LogP contribution in [0.3, 0.4) is 0 Å². The Morgan fingerprint density at radius 1 is 0.880 bits per heavy atom. The summed E-state index contributed by atoms with van der Waals surface area (Å²) in [6.45, 7) is 0. The molecular weight excluding hydrogens is 378 g/mol. The zero-order chi connectivity index (χ0) is 19.8. The maximum atomic E-state index is 13.2. The molecule has 0 unspecified atom stereocenters. The molecule has 0 amide bonds. The second-order valence-electron chi connectivity index (χ2n) is 4.53. The summed E-state index contributed by atoms with van der Waals surface area (Å²) >= 11 is 0. The van der Waals surface area contributed by atoms with Gasteiger partial charge in [0.05, 0.1) is 5.56 Å². The first-order valence-corrected chi connectivity index (χ1v) is 6.01. The van der Waals surface area contributed by atoms with Crippen molar-refractivity contribution in [3.63, 3.8) is 0 Å².